The number of aliphatic hydroxyl groups excluding tert-OH is 1. The maximum atomic E-state index is 9.87. The predicted molar refractivity (Wildman–Crippen MR) is 73.2 cm³/mol. The van der Waals surface area contributed by atoms with Gasteiger partial charge in [0.15, 0.2) is 0 Å². The molecule has 0 saturated heterocycles. The van der Waals surface area contributed by atoms with Crippen LogP contribution in [-0.4, -0.2) is 38.0 Å². The molecule has 0 aliphatic carbocycles. The third-order valence-corrected chi connectivity index (χ3v) is 3.27. The molecule has 102 valence electrons. The molecule has 2 rings (SSSR count). The quantitative estimate of drug-likeness (QED) is 0.893. The number of nitrogens with zero attached hydrogens (tertiary/aromatic N) is 4. The summed E-state index contributed by atoms with van der Waals surface area (Å²) in [6.07, 6.45) is -0.704. The summed E-state index contributed by atoms with van der Waals surface area (Å²) in [6, 6.07) is 5.19. The number of halogens is 2. The Bertz CT molecular complexity index is 563. The second-order valence-corrected chi connectivity index (χ2v) is 5.24. The molecule has 0 amide bonds. The molecule has 19 heavy (non-hydrogen) atoms. The minimum absolute atomic E-state index is 0.138. The molecule has 6 nitrogen and oxygen atoms in total. The molecule has 0 radical (unpaired) electrons. The van der Waals surface area contributed by atoms with Crippen LogP contribution in [0, 0.1) is 6.92 Å². The molecule has 2 aromatic rings. The molecule has 1 heterocycles. The van der Waals surface area contributed by atoms with E-state index in [9.17, 15) is 5.11 Å². The van der Waals surface area contributed by atoms with Gasteiger partial charge in [0.05, 0.1) is 11.0 Å². The number of tetrazole rings is 1. The minimum atomic E-state index is -0.704. The molecule has 0 fully saturated rings. The molecule has 1 aromatic heterocycles. The maximum absolute atomic E-state index is 9.87. The number of ether oxygens (including phenoxy) is 1. The standard InChI is InChI=1S/C11H12BrClN4O2/c1-7-14-15-16-17(7)5-9(18)6-19-11-3-2-8(13)4-10(11)12/h2-4,9,18H,5-6H2,1H3/t9-/m1/s1. The van der Waals surface area contributed by atoms with Crippen molar-refractivity contribution in [1.29, 1.82) is 0 Å². The normalized spacial score (nSPS) is 12.4. The van der Waals surface area contributed by atoms with Crippen molar-refractivity contribution in [3.05, 3.63) is 33.5 Å². The van der Waals surface area contributed by atoms with E-state index in [1.54, 1.807) is 25.1 Å². The lowest BCUT2D eigenvalue weighted by atomic mass is 10.3. The number of aromatic nitrogens is 4. The van der Waals surface area contributed by atoms with Gasteiger partial charge in [0, 0.05) is 5.02 Å². The first kappa shape index (κ1) is 14.2. The van der Waals surface area contributed by atoms with Gasteiger partial charge in [-0.15, -0.1) is 5.10 Å². The van der Waals surface area contributed by atoms with Gasteiger partial charge >= 0.3 is 0 Å². The van der Waals surface area contributed by atoms with Gasteiger partial charge in [0.25, 0.3) is 0 Å². The van der Waals surface area contributed by atoms with Crippen molar-refractivity contribution in [2.75, 3.05) is 6.61 Å². The zero-order valence-corrected chi connectivity index (χ0v) is 12.5. The summed E-state index contributed by atoms with van der Waals surface area (Å²) in [7, 11) is 0. The van der Waals surface area contributed by atoms with E-state index in [1.807, 2.05) is 0 Å². The SMILES string of the molecule is Cc1nnnn1C[C@@H](O)COc1ccc(Cl)cc1Br. The zero-order chi connectivity index (χ0) is 13.8. The molecular formula is C11H12BrClN4O2. The lowest BCUT2D eigenvalue weighted by Gasteiger charge is -2.13. The average molecular weight is 348 g/mol. The van der Waals surface area contributed by atoms with E-state index in [-0.39, 0.29) is 13.2 Å². The highest BCUT2D eigenvalue weighted by atomic mass is 79.9. The maximum Gasteiger partial charge on any atom is 0.148 e. The summed E-state index contributed by atoms with van der Waals surface area (Å²) in [4.78, 5) is 0. The smallest absolute Gasteiger partial charge is 0.148 e. The fourth-order valence-electron chi connectivity index (χ4n) is 1.45. The van der Waals surface area contributed by atoms with Crippen molar-refractivity contribution in [3.8, 4) is 5.75 Å². The van der Waals surface area contributed by atoms with E-state index in [1.165, 1.54) is 4.68 Å². The van der Waals surface area contributed by atoms with Crippen molar-refractivity contribution >= 4 is 27.5 Å². The Labute approximate surface area is 123 Å². The average Bonchev–Trinajstić information content (AvgIpc) is 2.74. The third-order valence-electron chi connectivity index (χ3n) is 2.42. The predicted octanol–water partition coefficient (Wildman–Crippen LogP) is 1.84. The van der Waals surface area contributed by atoms with Gasteiger partial charge in [-0.3, -0.25) is 0 Å². The van der Waals surface area contributed by atoms with E-state index < -0.39 is 6.10 Å². The monoisotopic (exact) mass is 346 g/mol. The summed E-state index contributed by atoms with van der Waals surface area (Å²) >= 11 is 9.17. The molecule has 0 unspecified atom stereocenters. The van der Waals surface area contributed by atoms with Crippen LogP contribution in [0.15, 0.2) is 22.7 Å². The van der Waals surface area contributed by atoms with Crippen LogP contribution in [0.4, 0.5) is 0 Å². The Hall–Kier alpha value is -1.18. The van der Waals surface area contributed by atoms with Crippen LogP contribution >= 0.6 is 27.5 Å². The van der Waals surface area contributed by atoms with Gasteiger partial charge in [-0.2, -0.15) is 0 Å². The molecule has 0 aliphatic rings. The van der Waals surface area contributed by atoms with Crippen molar-refractivity contribution < 1.29 is 9.84 Å². The molecule has 1 aromatic carbocycles. The largest absolute Gasteiger partial charge is 0.490 e. The Morgan fingerprint density at radius 2 is 2.32 bits per heavy atom. The van der Waals surface area contributed by atoms with Gasteiger partial charge in [-0.1, -0.05) is 11.6 Å². The van der Waals surface area contributed by atoms with E-state index >= 15 is 0 Å². The Balaban J connectivity index is 1.90. The summed E-state index contributed by atoms with van der Waals surface area (Å²) in [5.41, 5.74) is 0. The highest BCUT2D eigenvalue weighted by Crippen LogP contribution is 2.28. The topological polar surface area (TPSA) is 73.1 Å². The van der Waals surface area contributed by atoms with Gasteiger partial charge in [-0.05, 0) is 51.5 Å². The van der Waals surface area contributed by atoms with Crippen molar-refractivity contribution in [2.45, 2.75) is 19.6 Å². The first-order valence-electron chi connectivity index (χ1n) is 5.55. The second kappa shape index (κ2) is 6.31. The Kier molecular flexibility index (Phi) is 4.73. The van der Waals surface area contributed by atoms with Gasteiger partial charge in [-0.25, -0.2) is 4.68 Å². The summed E-state index contributed by atoms with van der Waals surface area (Å²) in [5.74, 6) is 1.27. The van der Waals surface area contributed by atoms with Crippen LogP contribution in [-0.2, 0) is 6.54 Å². The highest BCUT2D eigenvalue weighted by Gasteiger charge is 2.11. The number of benzene rings is 1. The number of aliphatic hydroxyl groups is 1. The molecule has 0 spiro atoms. The van der Waals surface area contributed by atoms with Crippen LogP contribution in [0.25, 0.3) is 0 Å². The van der Waals surface area contributed by atoms with Crippen LogP contribution < -0.4 is 4.74 Å². The van der Waals surface area contributed by atoms with E-state index in [0.717, 1.165) is 4.47 Å². The molecule has 0 aliphatic heterocycles. The zero-order valence-electron chi connectivity index (χ0n) is 10.1. The third kappa shape index (κ3) is 3.89. The highest BCUT2D eigenvalue weighted by molar-refractivity contribution is 9.10. The number of hydrogen-bond acceptors (Lipinski definition) is 5. The van der Waals surface area contributed by atoms with Gasteiger partial charge in [0.1, 0.15) is 24.3 Å². The minimum Gasteiger partial charge on any atom is -0.490 e. The van der Waals surface area contributed by atoms with Gasteiger partial charge < -0.3 is 9.84 Å². The first-order chi connectivity index (χ1) is 9.06. The molecule has 1 N–H and O–H groups in total. The Morgan fingerprint density at radius 1 is 1.53 bits per heavy atom. The molecule has 1 atom stereocenters. The molecular weight excluding hydrogens is 336 g/mol. The van der Waals surface area contributed by atoms with E-state index in [4.69, 9.17) is 16.3 Å². The lowest BCUT2D eigenvalue weighted by molar-refractivity contribution is 0.0878. The number of rotatable bonds is 5. The van der Waals surface area contributed by atoms with E-state index in [2.05, 4.69) is 31.5 Å². The van der Waals surface area contributed by atoms with Crippen LogP contribution in [0.3, 0.4) is 0 Å². The van der Waals surface area contributed by atoms with Crippen LogP contribution in [0.1, 0.15) is 5.82 Å². The van der Waals surface area contributed by atoms with Crippen molar-refractivity contribution in [2.24, 2.45) is 0 Å². The summed E-state index contributed by atoms with van der Waals surface area (Å²) < 4.78 is 7.77. The summed E-state index contributed by atoms with van der Waals surface area (Å²) in [6.45, 7) is 2.19. The van der Waals surface area contributed by atoms with Crippen molar-refractivity contribution in [3.63, 3.8) is 0 Å². The number of hydrogen-bond donors (Lipinski definition) is 1. The first-order valence-corrected chi connectivity index (χ1v) is 6.72. The fraction of sp³-hybridized carbons (Fsp3) is 0.364. The molecule has 0 bridgehead atoms. The lowest BCUT2D eigenvalue weighted by Crippen LogP contribution is -2.25. The van der Waals surface area contributed by atoms with Crippen LogP contribution in [0.5, 0.6) is 5.75 Å². The van der Waals surface area contributed by atoms with E-state index in [0.29, 0.717) is 16.6 Å². The Morgan fingerprint density at radius 3 is 2.95 bits per heavy atom. The number of aryl methyl sites for hydroxylation is 1. The fourth-order valence-corrected chi connectivity index (χ4v) is 2.25. The van der Waals surface area contributed by atoms with Crippen LogP contribution in [0.2, 0.25) is 5.02 Å². The molecule has 8 heteroatoms. The second-order valence-electron chi connectivity index (χ2n) is 3.95. The molecule has 0 saturated carbocycles. The van der Waals surface area contributed by atoms with Crippen molar-refractivity contribution in [1.82, 2.24) is 20.2 Å². The summed E-state index contributed by atoms with van der Waals surface area (Å²) in [5, 5.41) is 21.5. The van der Waals surface area contributed by atoms with Gasteiger partial charge in [0.2, 0.25) is 0 Å².